The first-order valence-corrected chi connectivity index (χ1v) is 8.73. The number of benzene rings is 2. The number of para-hydroxylation sites is 1. The predicted octanol–water partition coefficient (Wildman–Crippen LogP) is 3.88. The van der Waals surface area contributed by atoms with Crippen LogP contribution in [0, 0.1) is 0 Å². The second-order valence-corrected chi connectivity index (χ2v) is 6.20. The molecule has 1 N–H and O–H groups in total. The second kappa shape index (κ2) is 6.73. The molecule has 1 aliphatic rings. The third kappa shape index (κ3) is 2.94. The minimum atomic E-state index is 0.0680. The zero-order valence-corrected chi connectivity index (χ0v) is 14.6. The summed E-state index contributed by atoms with van der Waals surface area (Å²) in [6.07, 6.45) is 0.974. The lowest BCUT2D eigenvalue weighted by Gasteiger charge is -2.28. The van der Waals surface area contributed by atoms with Crippen LogP contribution in [0.4, 0.5) is 0 Å². The van der Waals surface area contributed by atoms with Crippen molar-refractivity contribution in [3.63, 3.8) is 0 Å². The first-order valence-electron chi connectivity index (χ1n) is 8.73. The molecule has 0 fully saturated rings. The smallest absolute Gasteiger partial charge is 0.161 e. The molecule has 0 spiro atoms. The van der Waals surface area contributed by atoms with Crippen LogP contribution in [-0.4, -0.2) is 25.2 Å². The highest BCUT2D eigenvalue weighted by Crippen LogP contribution is 2.37. The van der Waals surface area contributed by atoms with E-state index >= 15 is 0 Å². The number of ether oxygens (including phenoxy) is 2. The van der Waals surface area contributed by atoms with Crippen LogP contribution >= 0.6 is 0 Å². The molecule has 0 aliphatic carbocycles. The Labute approximate surface area is 147 Å². The van der Waals surface area contributed by atoms with Crippen LogP contribution < -0.4 is 14.8 Å². The molecule has 128 valence electrons. The van der Waals surface area contributed by atoms with Gasteiger partial charge in [0.1, 0.15) is 0 Å². The fraction of sp³-hybridized carbons (Fsp3) is 0.286. The largest absolute Gasteiger partial charge is 0.493 e. The lowest BCUT2D eigenvalue weighted by Crippen LogP contribution is -2.31. The van der Waals surface area contributed by atoms with Crippen molar-refractivity contribution in [3.05, 3.63) is 65.4 Å². The van der Waals surface area contributed by atoms with Gasteiger partial charge in [0.2, 0.25) is 0 Å². The van der Waals surface area contributed by atoms with Gasteiger partial charge in [0.25, 0.3) is 0 Å². The molecule has 1 aliphatic heterocycles. The summed E-state index contributed by atoms with van der Waals surface area (Å²) in [5, 5.41) is 4.76. The SMILES string of the molecule is CCOc1cc2c(cc1OC)CCNC2c1ccc2ccccc2n1. The highest BCUT2D eigenvalue weighted by atomic mass is 16.5. The maximum Gasteiger partial charge on any atom is 0.161 e. The lowest BCUT2D eigenvalue weighted by atomic mass is 9.91. The number of hydrogen-bond donors (Lipinski definition) is 1. The van der Waals surface area contributed by atoms with Crippen LogP contribution in [0.1, 0.15) is 29.8 Å². The molecule has 0 bridgehead atoms. The average Bonchev–Trinajstić information content (AvgIpc) is 2.67. The molecule has 2 heterocycles. The molecule has 1 unspecified atom stereocenters. The molecule has 1 aromatic heterocycles. The summed E-state index contributed by atoms with van der Waals surface area (Å²) in [4.78, 5) is 4.88. The third-order valence-electron chi connectivity index (χ3n) is 4.69. The summed E-state index contributed by atoms with van der Waals surface area (Å²) in [7, 11) is 1.69. The molecule has 0 saturated heterocycles. The highest BCUT2D eigenvalue weighted by molar-refractivity contribution is 5.78. The van der Waals surface area contributed by atoms with Crippen molar-refractivity contribution in [2.75, 3.05) is 20.3 Å². The van der Waals surface area contributed by atoms with Crippen LogP contribution in [0.15, 0.2) is 48.5 Å². The van der Waals surface area contributed by atoms with Crippen LogP contribution in [-0.2, 0) is 6.42 Å². The van der Waals surface area contributed by atoms with Gasteiger partial charge in [-0.2, -0.15) is 0 Å². The zero-order valence-electron chi connectivity index (χ0n) is 14.6. The van der Waals surface area contributed by atoms with Gasteiger partial charge in [-0.3, -0.25) is 4.98 Å². The van der Waals surface area contributed by atoms with Gasteiger partial charge in [-0.25, -0.2) is 0 Å². The van der Waals surface area contributed by atoms with Gasteiger partial charge in [0, 0.05) is 11.9 Å². The first-order chi connectivity index (χ1) is 12.3. The minimum absolute atomic E-state index is 0.0680. The Morgan fingerprint density at radius 1 is 1.12 bits per heavy atom. The number of rotatable bonds is 4. The van der Waals surface area contributed by atoms with Gasteiger partial charge in [0.15, 0.2) is 11.5 Å². The summed E-state index contributed by atoms with van der Waals surface area (Å²) < 4.78 is 11.3. The van der Waals surface area contributed by atoms with Crippen molar-refractivity contribution in [3.8, 4) is 11.5 Å². The van der Waals surface area contributed by atoms with Crippen LogP contribution in [0.2, 0.25) is 0 Å². The topological polar surface area (TPSA) is 43.4 Å². The number of fused-ring (bicyclic) bond motifs is 2. The van der Waals surface area contributed by atoms with Gasteiger partial charge >= 0.3 is 0 Å². The number of nitrogens with zero attached hydrogens (tertiary/aromatic N) is 1. The van der Waals surface area contributed by atoms with E-state index in [-0.39, 0.29) is 6.04 Å². The predicted molar refractivity (Wildman–Crippen MR) is 99.5 cm³/mol. The van der Waals surface area contributed by atoms with Crippen molar-refractivity contribution in [2.45, 2.75) is 19.4 Å². The molecule has 2 aromatic carbocycles. The molecule has 0 saturated carbocycles. The fourth-order valence-corrected chi connectivity index (χ4v) is 3.50. The van der Waals surface area contributed by atoms with Crippen LogP contribution in [0.5, 0.6) is 11.5 Å². The van der Waals surface area contributed by atoms with Gasteiger partial charge in [-0.1, -0.05) is 24.3 Å². The Kier molecular flexibility index (Phi) is 4.28. The van der Waals surface area contributed by atoms with Gasteiger partial charge in [-0.05, 0) is 48.7 Å². The van der Waals surface area contributed by atoms with E-state index in [9.17, 15) is 0 Å². The number of pyridine rings is 1. The van der Waals surface area contributed by atoms with E-state index in [1.165, 1.54) is 11.1 Å². The van der Waals surface area contributed by atoms with E-state index in [0.29, 0.717) is 6.61 Å². The van der Waals surface area contributed by atoms with Gasteiger partial charge < -0.3 is 14.8 Å². The highest BCUT2D eigenvalue weighted by Gasteiger charge is 2.25. The first kappa shape index (κ1) is 15.9. The Bertz CT molecular complexity index is 908. The molecule has 0 radical (unpaired) electrons. The van der Waals surface area contributed by atoms with Gasteiger partial charge in [-0.15, -0.1) is 0 Å². The molecule has 4 heteroatoms. The molecular weight excluding hydrogens is 312 g/mol. The number of aromatic nitrogens is 1. The third-order valence-corrected chi connectivity index (χ3v) is 4.69. The lowest BCUT2D eigenvalue weighted by molar-refractivity contribution is 0.309. The van der Waals surface area contributed by atoms with Gasteiger partial charge in [0.05, 0.1) is 31.0 Å². The summed E-state index contributed by atoms with van der Waals surface area (Å²) in [5.41, 5.74) is 4.57. The van der Waals surface area contributed by atoms with E-state index in [2.05, 4.69) is 41.7 Å². The minimum Gasteiger partial charge on any atom is -0.493 e. The van der Waals surface area contributed by atoms with Crippen molar-refractivity contribution in [2.24, 2.45) is 0 Å². The summed E-state index contributed by atoms with van der Waals surface area (Å²) in [6, 6.07) is 16.7. The Balaban J connectivity index is 1.80. The van der Waals surface area contributed by atoms with Crippen molar-refractivity contribution in [1.29, 1.82) is 0 Å². The number of nitrogens with one attached hydrogen (secondary N) is 1. The molecule has 3 aromatic rings. The number of methoxy groups -OCH3 is 1. The van der Waals surface area contributed by atoms with E-state index in [1.807, 2.05) is 19.1 Å². The maximum atomic E-state index is 5.78. The fourth-order valence-electron chi connectivity index (χ4n) is 3.50. The van der Waals surface area contributed by atoms with Crippen molar-refractivity contribution < 1.29 is 9.47 Å². The molecule has 1 atom stereocenters. The van der Waals surface area contributed by atoms with E-state index in [1.54, 1.807) is 7.11 Å². The Hall–Kier alpha value is -2.59. The van der Waals surface area contributed by atoms with Crippen molar-refractivity contribution in [1.82, 2.24) is 10.3 Å². The number of hydrogen-bond acceptors (Lipinski definition) is 4. The second-order valence-electron chi connectivity index (χ2n) is 6.20. The van der Waals surface area contributed by atoms with E-state index in [4.69, 9.17) is 14.5 Å². The summed E-state index contributed by atoms with van der Waals surface area (Å²) >= 11 is 0. The molecule has 25 heavy (non-hydrogen) atoms. The standard InChI is InChI=1S/C21H22N2O2/c1-3-25-20-13-16-15(12-19(20)24-2)10-11-22-21(16)18-9-8-14-6-4-5-7-17(14)23-18/h4-9,12-13,21-22H,3,10-11H2,1-2H3. The average molecular weight is 334 g/mol. The van der Waals surface area contributed by atoms with Crippen molar-refractivity contribution >= 4 is 10.9 Å². The van der Waals surface area contributed by atoms with E-state index in [0.717, 1.165) is 41.1 Å². The zero-order chi connectivity index (χ0) is 17.2. The molecule has 4 nitrogen and oxygen atoms in total. The Morgan fingerprint density at radius 3 is 2.84 bits per heavy atom. The molecule has 4 rings (SSSR count). The monoisotopic (exact) mass is 334 g/mol. The maximum absolute atomic E-state index is 5.78. The van der Waals surface area contributed by atoms with E-state index < -0.39 is 0 Å². The summed E-state index contributed by atoms with van der Waals surface area (Å²) in [5.74, 6) is 1.59. The normalized spacial score (nSPS) is 16.5. The molecule has 0 amide bonds. The summed E-state index contributed by atoms with van der Waals surface area (Å²) in [6.45, 7) is 3.52. The quantitative estimate of drug-likeness (QED) is 0.786. The van der Waals surface area contributed by atoms with Crippen LogP contribution in [0.25, 0.3) is 10.9 Å². The Morgan fingerprint density at radius 2 is 2.00 bits per heavy atom. The molecular formula is C21H22N2O2. The van der Waals surface area contributed by atoms with Crippen LogP contribution in [0.3, 0.4) is 0 Å².